The van der Waals surface area contributed by atoms with E-state index in [-0.39, 0.29) is 17.0 Å². The van der Waals surface area contributed by atoms with Gasteiger partial charge in [0, 0.05) is 31.8 Å². The molecule has 1 saturated carbocycles. The third kappa shape index (κ3) is 8.31. The Balaban J connectivity index is 0.00000353. The van der Waals surface area contributed by atoms with E-state index in [2.05, 4.69) is 16.8 Å². The maximum absolute atomic E-state index is 11.6. The minimum atomic E-state index is -0.595. The van der Waals surface area contributed by atoms with Crippen LogP contribution < -0.4 is 21.7 Å². The zero-order valence-corrected chi connectivity index (χ0v) is 26.2. The average Bonchev–Trinajstić information content (AvgIpc) is 3.70. The second-order valence-corrected chi connectivity index (χ2v) is 13.2. The number of fused-ring (bicyclic) bond motifs is 3. The first-order valence-electron chi connectivity index (χ1n) is 15.6. The molecule has 2 unspecified atom stereocenters. The van der Waals surface area contributed by atoms with Crippen LogP contribution in [0.25, 0.3) is 0 Å². The Morgan fingerprint density at radius 3 is 2.36 bits per heavy atom. The summed E-state index contributed by atoms with van der Waals surface area (Å²) in [5.41, 5.74) is 0.575. The number of aliphatic hydroxyl groups is 1. The van der Waals surface area contributed by atoms with E-state index < -0.39 is 5.60 Å². The van der Waals surface area contributed by atoms with Crippen LogP contribution in [-0.2, 0) is 10.3 Å². The largest absolute Gasteiger partial charge is 1.00 e. The van der Waals surface area contributed by atoms with Gasteiger partial charge in [0.05, 0.1) is 31.8 Å². The third-order valence-electron chi connectivity index (χ3n) is 9.92. The number of benzene rings is 1. The van der Waals surface area contributed by atoms with E-state index >= 15 is 0 Å². The summed E-state index contributed by atoms with van der Waals surface area (Å²) < 4.78 is 13.7. The molecule has 0 radical (unpaired) electrons. The van der Waals surface area contributed by atoms with Crippen LogP contribution in [-0.4, -0.2) is 55.1 Å². The molecule has 0 spiro atoms. The van der Waals surface area contributed by atoms with E-state index in [1.807, 2.05) is 30.3 Å². The summed E-state index contributed by atoms with van der Waals surface area (Å²) in [5, 5.41) is 15.9. The second-order valence-electron chi connectivity index (χ2n) is 12.4. The Hall–Kier alpha value is -0.920. The van der Waals surface area contributed by atoms with E-state index in [0.29, 0.717) is 12.0 Å². The number of quaternary nitrogens is 1. The van der Waals surface area contributed by atoms with Gasteiger partial charge in [-0.1, -0.05) is 56.7 Å². The normalized spacial score (nSPS) is 26.3. The van der Waals surface area contributed by atoms with Crippen molar-refractivity contribution in [3.05, 3.63) is 52.7 Å². The van der Waals surface area contributed by atoms with Gasteiger partial charge in [-0.3, -0.25) is 0 Å². The van der Waals surface area contributed by atoms with Crippen molar-refractivity contribution < 1.29 is 36.0 Å². The molecule has 1 aromatic heterocycles. The predicted octanol–water partition coefficient (Wildman–Crippen LogP) is 4.57. The zero-order valence-electron chi connectivity index (χ0n) is 23.8. The first-order valence-corrected chi connectivity index (χ1v) is 16.5. The number of thiophene rings is 1. The van der Waals surface area contributed by atoms with Gasteiger partial charge in [0.2, 0.25) is 0 Å². The van der Waals surface area contributed by atoms with Gasteiger partial charge >= 0.3 is 0 Å². The van der Waals surface area contributed by atoms with Gasteiger partial charge in [-0.2, -0.15) is 11.3 Å². The number of halogens is 1. The molecule has 6 rings (SSSR count). The molecule has 0 amide bonds. The van der Waals surface area contributed by atoms with E-state index in [0.717, 1.165) is 44.1 Å². The van der Waals surface area contributed by atoms with Crippen LogP contribution in [0.3, 0.4) is 0 Å². The first kappa shape index (κ1) is 31.0. The molecule has 4 fully saturated rings. The van der Waals surface area contributed by atoms with Crippen LogP contribution in [0.15, 0.2) is 47.2 Å². The van der Waals surface area contributed by atoms with Crippen molar-refractivity contribution >= 4 is 11.3 Å². The zero-order chi connectivity index (χ0) is 26.1. The molecule has 4 aliphatic rings. The van der Waals surface area contributed by atoms with Gasteiger partial charge < -0.3 is 36.0 Å². The van der Waals surface area contributed by atoms with Crippen molar-refractivity contribution in [3.63, 3.8) is 0 Å². The number of ether oxygens (including phenoxy) is 2. The van der Waals surface area contributed by atoms with Gasteiger partial charge in [-0.25, -0.2) is 0 Å². The van der Waals surface area contributed by atoms with Crippen molar-refractivity contribution in [2.75, 3.05) is 39.4 Å². The highest BCUT2D eigenvalue weighted by atomic mass is 79.9. The van der Waals surface area contributed by atoms with Gasteiger partial charge in [0.15, 0.2) is 0 Å². The highest BCUT2D eigenvalue weighted by molar-refractivity contribution is 7.08. The van der Waals surface area contributed by atoms with Gasteiger partial charge in [-0.05, 0) is 66.1 Å². The minimum Gasteiger partial charge on any atom is -1.00 e. The molecule has 4 nitrogen and oxygen atoms in total. The lowest BCUT2D eigenvalue weighted by atomic mass is 9.77. The highest BCUT2D eigenvalue weighted by Gasteiger charge is 2.46. The fraction of sp³-hybridized carbons (Fsp3) is 0.697. The molecule has 4 heterocycles. The molecular weight excluding hydrogens is 570 g/mol. The molecule has 3 saturated heterocycles. The molecule has 1 aliphatic carbocycles. The fourth-order valence-corrected chi connectivity index (χ4v) is 8.32. The van der Waals surface area contributed by atoms with Gasteiger partial charge in [-0.15, -0.1) is 0 Å². The first-order chi connectivity index (χ1) is 18.7. The molecule has 2 atom stereocenters. The van der Waals surface area contributed by atoms with E-state index in [1.54, 1.807) is 11.3 Å². The van der Waals surface area contributed by atoms with Crippen molar-refractivity contribution in [1.82, 2.24) is 0 Å². The predicted molar refractivity (Wildman–Crippen MR) is 157 cm³/mol. The number of piperidine rings is 3. The lowest BCUT2D eigenvalue weighted by Crippen LogP contribution is -3.00. The summed E-state index contributed by atoms with van der Waals surface area (Å²) in [6, 6.07) is 12.4. The van der Waals surface area contributed by atoms with Gasteiger partial charge in [0.1, 0.15) is 18.4 Å². The Labute approximate surface area is 251 Å². The summed E-state index contributed by atoms with van der Waals surface area (Å²) in [6.45, 7) is 6.81. The highest BCUT2D eigenvalue weighted by Crippen LogP contribution is 2.44. The Morgan fingerprint density at radius 2 is 1.62 bits per heavy atom. The van der Waals surface area contributed by atoms with Crippen LogP contribution in [0, 0.1) is 11.8 Å². The van der Waals surface area contributed by atoms with Crippen LogP contribution in [0.4, 0.5) is 0 Å². The van der Waals surface area contributed by atoms with Crippen molar-refractivity contribution in [1.29, 1.82) is 0 Å². The fourth-order valence-electron chi connectivity index (χ4n) is 7.59. The van der Waals surface area contributed by atoms with Gasteiger partial charge in [0.25, 0.3) is 0 Å². The summed E-state index contributed by atoms with van der Waals surface area (Å²) in [7, 11) is 0. The summed E-state index contributed by atoms with van der Waals surface area (Å²) in [5.74, 6) is 2.22. The quantitative estimate of drug-likeness (QED) is 0.221. The molecule has 3 aliphatic heterocycles. The standard InChI is InChI=1S/C33H50NO3S.BrH/c35-33(29-12-7-8-13-29,30-18-25-38-27-30)19-9-2-1-3-10-23-37-32-26-34(21-16-28(32)17-22-34)20-11-24-36-31-14-5-4-6-15-31;/h4-6,14-15,18,25,27-29,32,35H,1-3,7-13,16-17,19-24,26H2;1H/q+1;/p-1. The Kier molecular flexibility index (Phi) is 12.2. The summed E-state index contributed by atoms with van der Waals surface area (Å²) >= 11 is 1.72. The number of hydrogen-bond acceptors (Lipinski definition) is 4. The van der Waals surface area contributed by atoms with E-state index in [9.17, 15) is 5.11 Å². The maximum Gasteiger partial charge on any atom is 0.119 e. The van der Waals surface area contributed by atoms with E-state index in [1.165, 1.54) is 100 Å². The molecule has 1 aromatic carbocycles. The van der Waals surface area contributed by atoms with E-state index in [4.69, 9.17) is 9.47 Å². The topological polar surface area (TPSA) is 38.7 Å². The summed E-state index contributed by atoms with van der Waals surface area (Å²) in [4.78, 5) is 0. The molecule has 6 heteroatoms. The second kappa shape index (κ2) is 15.3. The molecule has 39 heavy (non-hydrogen) atoms. The summed E-state index contributed by atoms with van der Waals surface area (Å²) in [6.07, 6.45) is 16.1. The Morgan fingerprint density at radius 1 is 0.872 bits per heavy atom. The lowest BCUT2D eigenvalue weighted by Gasteiger charge is -2.52. The number of hydrogen-bond donors (Lipinski definition) is 1. The smallest absolute Gasteiger partial charge is 0.119 e. The van der Waals surface area contributed by atoms with Crippen molar-refractivity contribution in [2.45, 2.75) is 95.2 Å². The molecule has 2 bridgehead atoms. The molecule has 1 N–H and O–H groups in total. The van der Waals surface area contributed by atoms with Crippen molar-refractivity contribution in [3.8, 4) is 5.75 Å². The van der Waals surface area contributed by atoms with Crippen LogP contribution in [0.5, 0.6) is 5.75 Å². The Bertz CT molecular complexity index is 928. The molecule has 218 valence electrons. The number of para-hydroxylation sites is 1. The van der Waals surface area contributed by atoms with Crippen molar-refractivity contribution in [2.24, 2.45) is 11.8 Å². The van der Waals surface area contributed by atoms with Crippen LogP contribution in [0.1, 0.15) is 89.0 Å². The maximum atomic E-state index is 11.6. The number of unbranched alkanes of at least 4 members (excludes halogenated alkanes) is 4. The molecular formula is C33H50BrNO3S. The lowest BCUT2D eigenvalue weighted by molar-refractivity contribution is -0.946. The number of nitrogens with zero attached hydrogens (tertiary/aromatic N) is 1. The third-order valence-corrected chi connectivity index (χ3v) is 10.6. The monoisotopic (exact) mass is 619 g/mol. The average molecular weight is 621 g/mol. The number of rotatable bonds is 16. The van der Waals surface area contributed by atoms with Crippen LogP contribution >= 0.6 is 11.3 Å². The van der Waals surface area contributed by atoms with Crippen LogP contribution in [0.2, 0.25) is 0 Å². The SMILES string of the molecule is OC(CCCCCCCOC1C[N+]2(CCCOc3ccccc3)CCC1CC2)(c1ccsc1)C1CCCC1.[Br-]. The molecule has 2 aromatic rings. The minimum absolute atomic E-state index is 0.